The van der Waals surface area contributed by atoms with Crippen LogP contribution in [-0.4, -0.2) is 0 Å². The Bertz CT molecular complexity index is 529. The van der Waals surface area contributed by atoms with Crippen LogP contribution in [0.1, 0.15) is 16.5 Å². The second-order valence-electron chi connectivity index (χ2n) is 3.68. The molecule has 17 heavy (non-hydrogen) atoms. The molecule has 0 aliphatic carbocycles. The van der Waals surface area contributed by atoms with Crippen molar-refractivity contribution in [2.24, 2.45) is 5.73 Å². The summed E-state index contributed by atoms with van der Waals surface area (Å²) in [7, 11) is 0. The van der Waals surface area contributed by atoms with Crippen LogP contribution in [0.25, 0.3) is 0 Å². The fourth-order valence-electron chi connectivity index (χ4n) is 1.59. The second kappa shape index (κ2) is 5.48. The lowest BCUT2D eigenvalue weighted by atomic mass is 10.0. The molecule has 1 aromatic carbocycles. The predicted octanol–water partition coefficient (Wildman–Crippen LogP) is 4.55. The summed E-state index contributed by atoms with van der Waals surface area (Å²) < 4.78 is 15.2. The first-order valence-corrected chi connectivity index (χ1v) is 7.00. The van der Waals surface area contributed by atoms with Crippen molar-refractivity contribution in [2.75, 3.05) is 0 Å². The molecule has 1 unspecified atom stereocenters. The lowest BCUT2D eigenvalue weighted by molar-refractivity contribution is 0.581. The van der Waals surface area contributed by atoms with Gasteiger partial charge in [0.05, 0.1) is 4.34 Å². The molecule has 1 heterocycles. The van der Waals surface area contributed by atoms with Gasteiger partial charge in [-0.3, -0.25) is 0 Å². The van der Waals surface area contributed by atoms with Gasteiger partial charge in [0.25, 0.3) is 0 Å². The van der Waals surface area contributed by atoms with Gasteiger partial charge in [0.15, 0.2) is 0 Å². The third-order valence-electron chi connectivity index (χ3n) is 2.41. The topological polar surface area (TPSA) is 26.0 Å². The first kappa shape index (κ1) is 13.0. The molecule has 5 heteroatoms. The molecule has 0 saturated heterocycles. The SMILES string of the molecule is NC(Cc1ccc(Cl)s1)c1cc(Br)ccc1F. The van der Waals surface area contributed by atoms with E-state index in [4.69, 9.17) is 17.3 Å². The molecule has 0 amide bonds. The van der Waals surface area contributed by atoms with E-state index in [2.05, 4.69) is 15.9 Å². The summed E-state index contributed by atoms with van der Waals surface area (Å²) in [4.78, 5) is 1.06. The van der Waals surface area contributed by atoms with Crippen molar-refractivity contribution >= 4 is 38.9 Å². The zero-order valence-electron chi connectivity index (χ0n) is 8.79. The van der Waals surface area contributed by atoms with Crippen molar-refractivity contribution in [2.45, 2.75) is 12.5 Å². The standard InChI is InChI=1S/C12H10BrClFNS/c13-7-1-3-10(15)9(5-7)11(16)6-8-2-4-12(14)17-8/h1-5,11H,6,16H2. The maximum absolute atomic E-state index is 13.6. The van der Waals surface area contributed by atoms with E-state index in [1.165, 1.54) is 17.4 Å². The van der Waals surface area contributed by atoms with Gasteiger partial charge in [-0.2, -0.15) is 0 Å². The number of thiophene rings is 1. The molecular weight excluding hydrogens is 325 g/mol. The Labute approximate surface area is 117 Å². The molecule has 0 radical (unpaired) electrons. The zero-order chi connectivity index (χ0) is 12.4. The van der Waals surface area contributed by atoms with Gasteiger partial charge in [-0.1, -0.05) is 27.5 Å². The number of hydrogen-bond donors (Lipinski definition) is 1. The minimum atomic E-state index is -0.359. The van der Waals surface area contributed by atoms with E-state index in [1.807, 2.05) is 12.1 Å². The van der Waals surface area contributed by atoms with Gasteiger partial charge in [0.1, 0.15) is 5.82 Å². The quantitative estimate of drug-likeness (QED) is 0.876. The third kappa shape index (κ3) is 3.28. The number of nitrogens with two attached hydrogens (primary N) is 1. The van der Waals surface area contributed by atoms with Crippen LogP contribution in [0.15, 0.2) is 34.8 Å². The molecular formula is C12H10BrClFNS. The maximum atomic E-state index is 13.6. The molecule has 0 saturated carbocycles. The molecule has 2 aromatic rings. The summed E-state index contributed by atoms with van der Waals surface area (Å²) in [6.07, 6.45) is 0.588. The van der Waals surface area contributed by atoms with Crippen molar-refractivity contribution in [3.63, 3.8) is 0 Å². The zero-order valence-corrected chi connectivity index (χ0v) is 11.9. The van der Waals surface area contributed by atoms with Crippen LogP contribution in [0, 0.1) is 5.82 Å². The van der Waals surface area contributed by atoms with E-state index in [1.54, 1.807) is 12.1 Å². The maximum Gasteiger partial charge on any atom is 0.128 e. The van der Waals surface area contributed by atoms with Crippen LogP contribution in [0.5, 0.6) is 0 Å². The van der Waals surface area contributed by atoms with Crippen LogP contribution in [0.2, 0.25) is 4.34 Å². The summed E-state index contributed by atoms with van der Waals surface area (Å²) in [5.74, 6) is -0.275. The fraction of sp³-hybridized carbons (Fsp3) is 0.167. The van der Waals surface area contributed by atoms with Gasteiger partial charge in [0, 0.05) is 27.4 Å². The van der Waals surface area contributed by atoms with E-state index in [9.17, 15) is 4.39 Å². The highest BCUT2D eigenvalue weighted by atomic mass is 79.9. The average molecular weight is 335 g/mol. The summed E-state index contributed by atoms with van der Waals surface area (Å²) in [5, 5.41) is 0. The molecule has 1 aromatic heterocycles. The number of benzene rings is 1. The largest absolute Gasteiger partial charge is 0.324 e. The van der Waals surface area contributed by atoms with Gasteiger partial charge >= 0.3 is 0 Å². The molecule has 90 valence electrons. The summed E-state index contributed by atoms with van der Waals surface area (Å²) >= 11 is 10.6. The summed E-state index contributed by atoms with van der Waals surface area (Å²) in [5.41, 5.74) is 6.53. The number of hydrogen-bond acceptors (Lipinski definition) is 2. The van der Waals surface area contributed by atoms with Crippen molar-refractivity contribution in [1.82, 2.24) is 0 Å². The van der Waals surface area contributed by atoms with Crippen molar-refractivity contribution < 1.29 is 4.39 Å². The Kier molecular flexibility index (Phi) is 4.20. The lowest BCUT2D eigenvalue weighted by Gasteiger charge is -2.12. The van der Waals surface area contributed by atoms with Crippen molar-refractivity contribution in [3.05, 3.63) is 55.4 Å². The van der Waals surface area contributed by atoms with E-state index < -0.39 is 0 Å². The Morgan fingerprint density at radius 2 is 2.12 bits per heavy atom. The Balaban J connectivity index is 2.19. The lowest BCUT2D eigenvalue weighted by Crippen LogP contribution is -2.14. The molecule has 2 N–H and O–H groups in total. The van der Waals surface area contributed by atoms with Crippen LogP contribution in [0.4, 0.5) is 4.39 Å². The molecule has 0 bridgehead atoms. The van der Waals surface area contributed by atoms with Gasteiger partial charge in [-0.15, -0.1) is 11.3 Å². The Hall–Kier alpha value is -0.420. The molecule has 0 aliphatic rings. The van der Waals surface area contributed by atoms with E-state index in [0.29, 0.717) is 12.0 Å². The highest BCUT2D eigenvalue weighted by Gasteiger charge is 2.13. The molecule has 1 atom stereocenters. The van der Waals surface area contributed by atoms with E-state index >= 15 is 0 Å². The molecule has 2 rings (SSSR count). The number of rotatable bonds is 3. The van der Waals surface area contributed by atoms with Crippen LogP contribution in [-0.2, 0) is 6.42 Å². The molecule has 0 spiro atoms. The molecule has 0 aliphatic heterocycles. The second-order valence-corrected chi connectivity index (χ2v) is 6.40. The smallest absolute Gasteiger partial charge is 0.128 e. The minimum absolute atomic E-state index is 0.275. The van der Waals surface area contributed by atoms with Crippen LogP contribution < -0.4 is 5.73 Å². The Morgan fingerprint density at radius 3 is 2.76 bits per heavy atom. The fourth-order valence-corrected chi connectivity index (χ4v) is 3.11. The average Bonchev–Trinajstić information content (AvgIpc) is 2.67. The number of halogens is 3. The first-order chi connectivity index (χ1) is 8.06. The minimum Gasteiger partial charge on any atom is -0.324 e. The van der Waals surface area contributed by atoms with Gasteiger partial charge < -0.3 is 5.73 Å². The van der Waals surface area contributed by atoms with Crippen LogP contribution in [0.3, 0.4) is 0 Å². The van der Waals surface area contributed by atoms with Crippen molar-refractivity contribution in [1.29, 1.82) is 0 Å². The Morgan fingerprint density at radius 1 is 1.35 bits per heavy atom. The summed E-state index contributed by atoms with van der Waals surface area (Å²) in [6.45, 7) is 0. The van der Waals surface area contributed by atoms with Crippen molar-refractivity contribution in [3.8, 4) is 0 Å². The highest BCUT2D eigenvalue weighted by Crippen LogP contribution is 2.27. The normalized spacial score (nSPS) is 12.7. The van der Waals surface area contributed by atoms with Gasteiger partial charge in [0.2, 0.25) is 0 Å². The third-order valence-corrected chi connectivity index (χ3v) is 4.15. The highest BCUT2D eigenvalue weighted by molar-refractivity contribution is 9.10. The van der Waals surface area contributed by atoms with E-state index in [-0.39, 0.29) is 11.9 Å². The monoisotopic (exact) mass is 333 g/mol. The van der Waals surface area contributed by atoms with Crippen LogP contribution >= 0.6 is 38.9 Å². The molecule has 0 fully saturated rings. The van der Waals surface area contributed by atoms with Gasteiger partial charge in [-0.25, -0.2) is 4.39 Å². The first-order valence-electron chi connectivity index (χ1n) is 5.01. The van der Waals surface area contributed by atoms with Gasteiger partial charge in [-0.05, 0) is 30.3 Å². The van der Waals surface area contributed by atoms with E-state index in [0.717, 1.165) is 13.7 Å². The molecule has 1 nitrogen and oxygen atoms in total. The summed E-state index contributed by atoms with van der Waals surface area (Å²) in [6, 6.07) is 8.18. The predicted molar refractivity (Wildman–Crippen MR) is 74.1 cm³/mol.